The molecule has 19 heavy (non-hydrogen) atoms. The van der Waals surface area contributed by atoms with E-state index in [1.807, 2.05) is 0 Å². The van der Waals surface area contributed by atoms with Gasteiger partial charge in [-0.05, 0) is 37.5 Å². The Kier molecular flexibility index (Phi) is 5.08. The quantitative estimate of drug-likeness (QED) is 0.312. The summed E-state index contributed by atoms with van der Waals surface area (Å²) in [4.78, 5) is 4.77. The lowest BCUT2D eigenvalue weighted by atomic mass is 9.75. The van der Waals surface area contributed by atoms with Crippen molar-refractivity contribution in [3.63, 3.8) is 0 Å². The lowest BCUT2D eigenvalue weighted by molar-refractivity contribution is 0.210. The Hall–Kier alpha value is -0.770. The summed E-state index contributed by atoms with van der Waals surface area (Å²) in [6.07, 6.45) is 11.5. The van der Waals surface area contributed by atoms with Crippen molar-refractivity contribution in [3.8, 4) is 0 Å². The van der Waals surface area contributed by atoms with E-state index in [2.05, 4.69) is 24.6 Å². The summed E-state index contributed by atoms with van der Waals surface area (Å²) in [5.74, 6) is 6.43. The van der Waals surface area contributed by atoms with Crippen molar-refractivity contribution < 1.29 is 0 Å². The third-order valence-corrected chi connectivity index (χ3v) is 4.57. The lowest BCUT2D eigenvalue weighted by Crippen LogP contribution is -2.49. The third-order valence-electron chi connectivity index (χ3n) is 4.57. The Balaban J connectivity index is 1.88. The van der Waals surface area contributed by atoms with Crippen molar-refractivity contribution >= 4 is 5.96 Å². The van der Waals surface area contributed by atoms with Crippen LogP contribution in [0.2, 0.25) is 0 Å². The van der Waals surface area contributed by atoms with Crippen molar-refractivity contribution in [1.29, 1.82) is 0 Å². The van der Waals surface area contributed by atoms with Gasteiger partial charge in [-0.15, -0.1) is 0 Å². The van der Waals surface area contributed by atoms with Gasteiger partial charge in [0.05, 0.1) is 6.04 Å². The number of hydrazine groups is 1. The summed E-state index contributed by atoms with van der Waals surface area (Å²) in [5.41, 5.74) is 3.21. The number of hydrogen-bond donors (Lipinski definition) is 3. The van der Waals surface area contributed by atoms with E-state index in [-0.39, 0.29) is 0 Å². The highest BCUT2D eigenvalue weighted by atomic mass is 15.3. The maximum atomic E-state index is 5.63. The zero-order chi connectivity index (χ0) is 13.7. The summed E-state index contributed by atoms with van der Waals surface area (Å²) < 4.78 is 0. The number of nitrogens with two attached hydrogens (primary N) is 1. The van der Waals surface area contributed by atoms with Gasteiger partial charge in [0.15, 0.2) is 0 Å². The molecule has 0 amide bonds. The summed E-state index contributed by atoms with van der Waals surface area (Å²) >= 11 is 0. The molecular weight excluding hydrogens is 236 g/mol. The summed E-state index contributed by atoms with van der Waals surface area (Å²) in [5, 5.41) is 3.52. The van der Waals surface area contributed by atoms with Gasteiger partial charge in [-0.3, -0.25) is 5.43 Å². The molecule has 110 valence electrons. The van der Waals surface area contributed by atoms with Gasteiger partial charge in [0.2, 0.25) is 5.96 Å². The van der Waals surface area contributed by atoms with Gasteiger partial charge >= 0.3 is 0 Å². The first-order chi connectivity index (χ1) is 9.09. The first-order valence-corrected chi connectivity index (χ1v) is 7.90. The van der Waals surface area contributed by atoms with Crippen LogP contribution in [0.25, 0.3) is 0 Å². The van der Waals surface area contributed by atoms with Crippen LogP contribution in [0.1, 0.15) is 71.6 Å². The number of aliphatic imine (C=N–C) groups is 1. The zero-order valence-electron chi connectivity index (χ0n) is 12.5. The van der Waals surface area contributed by atoms with Gasteiger partial charge in [0.25, 0.3) is 0 Å². The third kappa shape index (κ3) is 4.68. The molecule has 0 heterocycles. The highest BCUT2D eigenvalue weighted by Crippen LogP contribution is 2.35. The van der Waals surface area contributed by atoms with Crippen LogP contribution in [-0.4, -0.2) is 18.0 Å². The number of nitrogens with zero attached hydrogens (tertiary/aromatic N) is 1. The Morgan fingerprint density at radius 2 is 1.84 bits per heavy atom. The molecule has 2 aliphatic rings. The van der Waals surface area contributed by atoms with Gasteiger partial charge in [0.1, 0.15) is 0 Å². The zero-order valence-corrected chi connectivity index (χ0v) is 12.5. The van der Waals surface area contributed by atoms with Gasteiger partial charge in [0, 0.05) is 6.04 Å². The molecule has 1 atom stereocenters. The van der Waals surface area contributed by atoms with Gasteiger partial charge < -0.3 is 5.32 Å². The molecule has 0 spiro atoms. The highest BCUT2D eigenvalue weighted by Gasteiger charge is 2.28. The minimum atomic E-state index is 0.445. The molecule has 2 fully saturated rings. The molecule has 2 aliphatic carbocycles. The Labute approximate surface area is 117 Å². The second kappa shape index (κ2) is 6.60. The minimum Gasteiger partial charge on any atom is -0.353 e. The number of hydrogen-bond acceptors (Lipinski definition) is 2. The lowest BCUT2D eigenvalue weighted by Gasteiger charge is -2.36. The van der Waals surface area contributed by atoms with Crippen LogP contribution < -0.4 is 16.6 Å². The van der Waals surface area contributed by atoms with Crippen molar-refractivity contribution in [1.82, 2.24) is 10.7 Å². The molecular formula is C15H30N4. The molecule has 1 unspecified atom stereocenters. The van der Waals surface area contributed by atoms with E-state index in [0.717, 1.165) is 5.96 Å². The Bertz CT molecular complexity index is 305. The molecule has 2 rings (SSSR count). The fourth-order valence-electron chi connectivity index (χ4n) is 3.52. The van der Waals surface area contributed by atoms with Gasteiger partial charge in [-0.2, -0.15) is 0 Å². The summed E-state index contributed by atoms with van der Waals surface area (Å²) in [7, 11) is 0. The van der Waals surface area contributed by atoms with E-state index in [1.165, 1.54) is 57.8 Å². The van der Waals surface area contributed by atoms with E-state index in [4.69, 9.17) is 10.8 Å². The van der Waals surface area contributed by atoms with Crippen molar-refractivity contribution in [2.45, 2.75) is 83.7 Å². The fourth-order valence-corrected chi connectivity index (χ4v) is 3.52. The number of rotatable bonds is 2. The number of guanidine groups is 1. The normalized spacial score (nSPS) is 29.0. The van der Waals surface area contributed by atoms with Crippen molar-refractivity contribution in [2.75, 3.05) is 0 Å². The standard InChI is InChI=1S/C15H30N4/c1-15(2)10-6-9-13(11-15)18-14(19-16)17-12-7-4-3-5-8-12/h12-13H,3-11,16H2,1-2H3,(H2,17,18,19). The molecule has 4 heteroatoms. The average molecular weight is 266 g/mol. The van der Waals surface area contributed by atoms with Crippen molar-refractivity contribution in [3.05, 3.63) is 0 Å². The van der Waals surface area contributed by atoms with Crippen LogP contribution in [0.5, 0.6) is 0 Å². The summed E-state index contributed by atoms with van der Waals surface area (Å²) in [6, 6.07) is 0.978. The van der Waals surface area contributed by atoms with E-state index in [1.54, 1.807) is 0 Å². The minimum absolute atomic E-state index is 0.445. The maximum absolute atomic E-state index is 5.63. The molecule has 4 N–H and O–H groups in total. The van der Waals surface area contributed by atoms with E-state index < -0.39 is 0 Å². The maximum Gasteiger partial charge on any atom is 0.206 e. The van der Waals surface area contributed by atoms with E-state index in [9.17, 15) is 0 Å². The molecule has 0 aromatic rings. The first kappa shape index (κ1) is 14.6. The topological polar surface area (TPSA) is 62.4 Å². The smallest absolute Gasteiger partial charge is 0.206 e. The average Bonchev–Trinajstić information content (AvgIpc) is 2.38. The second-order valence-electron chi connectivity index (χ2n) is 7.02. The van der Waals surface area contributed by atoms with Crippen molar-refractivity contribution in [2.24, 2.45) is 16.3 Å². The monoisotopic (exact) mass is 266 g/mol. The molecule has 0 aromatic carbocycles. The van der Waals surface area contributed by atoms with E-state index >= 15 is 0 Å². The molecule has 0 aromatic heterocycles. The molecule has 4 nitrogen and oxygen atoms in total. The largest absolute Gasteiger partial charge is 0.353 e. The Morgan fingerprint density at radius 3 is 2.47 bits per heavy atom. The second-order valence-corrected chi connectivity index (χ2v) is 7.02. The molecule has 0 radical (unpaired) electrons. The molecule has 2 saturated carbocycles. The van der Waals surface area contributed by atoms with Crippen LogP contribution in [0.15, 0.2) is 4.99 Å². The number of nitrogens with one attached hydrogen (secondary N) is 2. The SMILES string of the molecule is CC1(C)CCCC(NC(=NC2CCCCC2)NN)C1. The highest BCUT2D eigenvalue weighted by molar-refractivity contribution is 5.79. The molecule has 0 aliphatic heterocycles. The first-order valence-electron chi connectivity index (χ1n) is 7.90. The Morgan fingerprint density at radius 1 is 1.11 bits per heavy atom. The van der Waals surface area contributed by atoms with Crippen LogP contribution in [0.3, 0.4) is 0 Å². The van der Waals surface area contributed by atoms with Crippen LogP contribution >= 0.6 is 0 Å². The predicted molar refractivity (Wildman–Crippen MR) is 80.8 cm³/mol. The van der Waals surface area contributed by atoms with Crippen LogP contribution in [0, 0.1) is 5.41 Å². The summed E-state index contributed by atoms with van der Waals surface area (Å²) in [6.45, 7) is 4.71. The van der Waals surface area contributed by atoms with Gasteiger partial charge in [-0.1, -0.05) is 39.5 Å². The molecule has 0 bridgehead atoms. The van der Waals surface area contributed by atoms with E-state index in [0.29, 0.717) is 17.5 Å². The fraction of sp³-hybridized carbons (Fsp3) is 0.933. The van der Waals surface area contributed by atoms with Crippen LogP contribution in [0.4, 0.5) is 0 Å². The molecule has 0 saturated heterocycles. The van der Waals surface area contributed by atoms with Crippen LogP contribution in [-0.2, 0) is 0 Å². The van der Waals surface area contributed by atoms with Gasteiger partial charge in [-0.25, -0.2) is 10.8 Å². The predicted octanol–water partition coefficient (Wildman–Crippen LogP) is 2.70.